The number of benzene rings is 1. The van der Waals surface area contributed by atoms with E-state index in [1.807, 2.05) is 25.1 Å². The van der Waals surface area contributed by atoms with Gasteiger partial charge in [0.1, 0.15) is 6.61 Å². The molecule has 4 heteroatoms. The maximum Gasteiger partial charge on any atom is 0.167 e. The number of hydrogen-bond donors (Lipinski definition) is 1. The lowest BCUT2D eigenvalue weighted by Crippen LogP contribution is -2.19. The molecule has 0 saturated heterocycles. The average Bonchev–Trinajstić information content (AvgIpc) is 2.46. The van der Waals surface area contributed by atoms with E-state index in [0.717, 1.165) is 23.6 Å². The fraction of sp³-hybridized carbons (Fsp3) is 0.500. The molecule has 0 bridgehead atoms. The number of rotatable bonds is 9. The Bertz CT molecular complexity index is 449. The van der Waals surface area contributed by atoms with Gasteiger partial charge in [0.05, 0.1) is 13.2 Å². The van der Waals surface area contributed by atoms with Gasteiger partial charge in [0.25, 0.3) is 0 Å². The molecule has 0 aromatic heterocycles. The quantitative estimate of drug-likeness (QED) is 0.555. The van der Waals surface area contributed by atoms with Crippen LogP contribution in [0.1, 0.15) is 19.4 Å². The molecule has 1 aromatic carbocycles. The molecule has 0 aliphatic carbocycles. The molecule has 0 amide bonds. The van der Waals surface area contributed by atoms with Crippen LogP contribution in [-0.4, -0.2) is 33.5 Å². The van der Waals surface area contributed by atoms with E-state index in [9.17, 15) is 0 Å². The van der Waals surface area contributed by atoms with Crippen LogP contribution in [0.3, 0.4) is 0 Å². The summed E-state index contributed by atoms with van der Waals surface area (Å²) in [7, 11) is 1.69. The van der Waals surface area contributed by atoms with Crippen molar-refractivity contribution in [2.45, 2.75) is 20.4 Å². The first kappa shape index (κ1) is 16.4. The Morgan fingerprint density at radius 1 is 1.25 bits per heavy atom. The van der Waals surface area contributed by atoms with E-state index in [-0.39, 0.29) is 0 Å². The smallest absolute Gasteiger partial charge is 0.167 e. The van der Waals surface area contributed by atoms with Crippen molar-refractivity contribution in [2.24, 2.45) is 0 Å². The Balaban J connectivity index is 2.77. The summed E-state index contributed by atoms with van der Waals surface area (Å²) in [5.74, 6) is 7.25. The first-order valence-corrected chi connectivity index (χ1v) is 6.80. The Labute approximate surface area is 121 Å². The Hall–Kier alpha value is -1.70. The molecule has 1 aromatic rings. The molecule has 1 N–H and O–H groups in total. The van der Waals surface area contributed by atoms with E-state index in [1.165, 1.54) is 0 Å². The van der Waals surface area contributed by atoms with Crippen molar-refractivity contribution in [3.8, 4) is 23.3 Å². The molecule has 0 radical (unpaired) electrons. The van der Waals surface area contributed by atoms with Gasteiger partial charge in [-0.05, 0) is 19.9 Å². The molecule has 0 aliphatic rings. The van der Waals surface area contributed by atoms with E-state index in [4.69, 9.17) is 14.2 Å². The van der Waals surface area contributed by atoms with Crippen LogP contribution in [0.5, 0.6) is 11.5 Å². The highest BCUT2D eigenvalue weighted by Crippen LogP contribution is 2.31. The van der Waals surface area contributed by atoms with Crippen molar-refractivity contribution in [3.63, 3.8) is 0 Å². The van der Waals surface area contributed by atoms with Crippen LogP contribution < -0.4 is 14.8 Å². The molecule has 1 rings (SSSR count). The predicted octanol–water partition coefficient (Wildman–Crippen LogP) is 2.22. The molecule has 0 aliphatic heterocycles. The van der Waals surface area contributed by atoms with E-state index in [0.29, 0.717) is 26.4 Å². The number of nitrogens with one attached hydrogen (secondary N) is 1. The number of methoxy groups -OCH3 is 1. The molecule has 0 fully saturated rings. The molecule has 0 heterocycles. The van der Waals surface area contributed by atoms with Crippen LogP contribution in [0.25, 0.3) is 0 Å². The first-order chi connectivity index (χ1) is 9.83. The standard InChI is InChI=1S/C16H23NO3/c1-4-6-11-20-16-14(13-17-10-12-18-3)8-7-9-15(16)19-5-2/h7-9,17H,5,10-13H2,1-3H3. The van der Waals surface area contributed by atoms with Gasteiger partial charge in [-0.3, -0.25) is 0 Å². The van der Waals surface area contributed by atoms with Crippen LogP contribution in [0.2, 0.25) is 0 Å². The zero-order valence-corrected chi connectivity index (χ0v) is 12.5. The second-order valence-corrected chi connectivity index (χ2v) is 4.06. The van der Waals surface area contributed by atoms with Gasteiger partial charge in [-0.25, -0.2) is 0 Å². The fourth-order valence-electron chi connectivity index (χ4n) is 1.71. The summed E-state index contributed by atoms with van der Waals surface area (Å²) in [6, 6.07) is 5.91. The third-order valence-corrected chi connectivity index (χ3v) is 2.62. The van der Waals surface area contributed by atoms with Gasteiger partial charge in [0, 0.05) is 25.8 Å². The van der Waals surface area contributed by atoms with Gasteiger partial charge in [0.15, 0.2) is 11.5 Å². The minimum Gasteiger partial charge on any atom is -0.490 e. The second kappa shape index (κ2) is 10.1. The molecule has 0 spiro atoms. The SMILES string of the molecule is CC#CCOc1c(CNCCOC)cccc1OCC. The van der Waals surface area contributed by atoms with Gasteiger partial charge >= 0.3 is 0 Å². The predicted molar refractivity (Wildman–Crippen MR) is 80.1 cm³/mol. The molecule has 0 saturated carbocycles. The lowest BCUT2D eigenvalue weighted by Gasteiger charge is -2.15. The summed E-state index contributed by atoms with van der Waals surface area (Å²) < 4.78 is 16.4. The number of hydrogen-bond acceptors (Lipinski definition) is 4. The van der Waals surface area contributed by atoms with Crippen molar-refractivity contribution in [2.75, 3.05) is 33.5 Å². The molecule has 0 atom stereocenters. The largest absolute Gasteiger partial charge is 0.490 e. The molecule has 0 unspecified atom stereocenters. The molecule has 110 valence electrons. The average molecular weight is 277 g/mol. The first-order valence-electron chi connectivity index (χ1n) is 6.80. The van der Waals surface area contributed by atoms with Crippen molar-refractivity contribution < 1.29 is 14.2 Å². The molecular weight excluding hydrogens is 254 g/mol. The van der Waals surface area contributed by atoms with Crippen LogP contribution in [0.15, 0.2) is 18.2 Å². The van der Waals surface area contributed by atoms with Crippen LogP contribution in [0.4, 0.5) is 0 Å². The zero-order valence-electron chi connectivity index (χ0n) is 12.5. The normalized spacial score (nSPS) is 9.75. The van der Waals surface area contributed by atoms with Crippen molar-refractivity contribution in [3.05, 3.63) is 23.8 Å². The molecule has 4 nitrogen and oxygen atoms in total. The maximum absolute atomic E-state index is 5.75. The van der Waals surface area contributed by atoms with E-state index >= 15 is 0 Å². The van der Waals surface area contributed by atoms with Crippen molar-refractivity contribution >= 4 is 0 Å². The van der Waals surface area contributed by atoms with Crippen LogP contribution in [0, 0.1) is 11.8 Å². The lowest BCUT2D eigenvalue weighted by atomic mass is 10.2. The highest BCUT2D eigenvalue weighted by Gasteiger charge is 2.10. The topological polar surface area (TPSA) is 39.7 Å². The van der Waals surface area contributed by atoms with Gasteiger partial charge < -0.3 is 19.5 Å². The van der Waals surface area contributed by atoms with Gasteiger partial charge in [-0.2, -0.15) is 0 Å². The van der Waals surface area contributed by atoms with Crippen LogP contribution in [-0.2, 0) is 11.3 Å². The zero-order chi connectivity index (χ0) is 14.6. The van der Waals surface area contributed by atoms with E-state index < -0.39 is 0 Å². The minimum absolute atomic E-state index is 0.367. The lowest BCUT2D eigenvalue weighted by molar-refractivity contribution is 0.199. The Kier molecular flexibility index (Phi) is 8.28. The monoisotopic (exact) mass is 277 g/mol. The van der Waals surface area contributed by atoms with E-state index in [1.54, 1.807) is 14.0 Å². The van der Waals surface area contributed by atoms with Gasteiger partial charge in [-0.1, -0.05) is 18.1 Å². The summed E-state index contributed by atoms with van der Waals surface area (Å²) in [6.45, 7) is 6.91. The minimum atomic E-state index is 0.367. The molecule has 20 heavy (non-hydrogen) atoms. The fourth-order valence-corrected chi connectivity index (χ4v) is 1.71. The summed E-state index contributed by atoms with van der Waals surface area (Å²) >= 11 is 0. The molecular formula is C16H23NO3. The number of para-hydroxylation sites is 1. The third-order valence-electron chi connectivity index (χ3n) is 2.62. The Morgan fingerprint density at radius 3 is 2.80 bits per heavy atom. The summed E-state index contributed by atoms with van der Waals surface area (Å²) in [5.41, 5.74) is 1.06. The third kappa shape index (κ3) is 5.52. The van der Waals surface area contributed by atoms with Crippen molar-refractivity contribution in [1.82, 2.24) is 5.32 Å². The summed E-state index contributed by atoms with van der Waals surface area (Å²) in [5, 5.41) is 3.31. The van der Waals surface area contributed by atoms with Gasteiger partial charge in [0.2, 0.25) is 0 Å². The highest BCUT2D eigenvalue weighted by molar-refractivity contribution is 5.46. The van der Waals surface area contributed by atoms with Crippen molar-refractivity contribution in [1.29, 1.82) is 0 Å². The van der Waals surface area contributed by atoms with Crippen LogP contribution >= 0.6 is 0 Å². The van der Waals surface area contributed by atoms with E-state index in [2.05, 4.69) is 17.2 Å². The highest BCUT2D eigenvalue weighted by atomic mass is 16.5. The number of ether oxygens (including phenoxy) is 3. The van der Waals surface area contributed by atoms with Gasteiger partial charge in [-0.15, -0.1) is 5.92 Å². The maximum atomic E-state index is 5.75. The summed E-state index contributed by atoms with van der Waals surface area (Å²) in [6.07, 6.45) is 0. The summed E-state index contributed by atoms with van der Waals surface area (Å²) in [4.78, 5) is 0. The second-order valence-electron chi connectivity index (χ2n) is 4.06. The Morgan fingerprint density at radius 2 is 2.10 bits per heavy atom.